The van der Waals surface area contributed by atoms with Crippen LogP contribution in [0.1, 0.15) is 17.3 Å². The summed E-state index contributed by atoms with van der Waals surface area (Å²) in [5.74, 6) is -0.755. The second-order valence-electron chi connectivity index (χ2n) is 3.24. The van der Waals surface area contributed by atoms with Crippen LogP contribution in [0.2, 0.25) is 5.15 Å². The SMILES string of the molecule is CCNC(=O)CNC(=O)c1cc(N)cnc1Cl. The molecule has 0 saturated heterocycles. The van der Waals surface area contributed by atoms with Crippen molar-refractivity contribution in [3.63, 3.8) is 0 Å². The molecule has 0 spiro atoms. The van der Waals surface area contributed by atoms with Gasteiger partial charge in [0, 0.05) is 6.54 Å². The van der Waals surface area contributed by atoms with Gasteiger partial charge in [-0.15, -0.1) is 0 Å². The van der Waals surface area contributed by atoms with E-state index in [1.165, 1.54) is 12.3 Å². The first-order valence-electron chi connectivity index (χ1n) is 5.00. The fraction of sp³-hybridized carbons (Fsp3) is 0.300. The molecular weight excluding hydrogens is 244 g/mol. The summed E-state index contributed by atoms with van der Waals surface area (Å²) in [6.45, 7) is 2.19. The van der Waals surface area contributed by atoms with Crippen LogP contribution >= 0.6 is 11.6 Å². The maximum atomic E-state index is 11.7. The molecular formula is C10H13ClN4O2. The molecule has 0 radical (unpaired) electrons. The minimum absolute atomic E-state index is 0.0487. The van der Waals surface area contributed by atoms with E-state index < -0.39 is 5.91 Å². The summed E-state index contributed by atoms with van der Waals surface area (Å²) in [7, 11) is 0. The molecule has 0 aromatic carbocycles. The third-order valence-electron chi connectivity index (χ3n) is 1.89. The number of aromatic nitrogens is 1. The first-order valence-corrected chi connectivity index (χ1v) is 5.38. The average molecular weight is 257 g/mol. The van der Waals surface area contributed by atoms with Crippen molar-refractivity contribution in [2.75, 3.05) is 18.8 Å². The minimum atomic E-state index is -0.485. The predicted molar refractivity (Wildman–Crippen MR) is 64.7 cm³/mol. The second-order valence-corrected chi connectivity index (χ2v) is 3.60. The Kier molecular flexibility index (Phi) is 4.71. The van der Waals surface area contributed by atoms with Crippen molar-refractivity contribution in [2.24, 2.45) is 0 Å². The van der Waals surface area contributed by atoms with Gasteiger partial charge in [0.05, 0.1) is 24.0 Å². The monoisotopic (exact) mass is 256 g/mol. The van der Waals surface area contributed by atoms with E-state index in [-0.39, 0.29) is 23.2 Å². The smallest absolute Gasteiger partial charge is 0.254 e. The van der Waals surface area contributed by atoms with Crippen LogP contribution in [0.4, 0.5) is 5.69 Å². The van der Waals surface area contributed by atoms with Crippen molar-refractivity contribution in [2.45, 2.75) is 6.92 Å². The molecule has 0 fully saturated rings. The highest BCUT2D eigenvalue weighted by Crippen LogP contribution is 2.14. The van der Waals surface area contributed by atoms with Gasteiger partial charge in [-0.3, -0.25) is 9.59 Å². The fourth-order valence-electron chi connectivity index (χ4n) is 1.14. The molecule has 1 aromatic heterocycles. The first kappa shape index (κ1) is 13.2. The van der Waals surface area contributed by atoms with Crippen LogP contribution in [0.15, 0.2) is 12.3 Å². The molecule has 1 aromatic rings. The lowest BCUT2D eigenvalue weighted by molar-refractivity contribution is -0.120. The zero-order chi connectivity index (χ0) is 12.8. The van der Waals surface area contributed by atoms with Crippen LogP contribution in [-0.4, -0.2) is 29.9 Å². The second kappa shape index (κ2) is 6.05. The molecule has 0 unspecified atom stereocenters. The van der Waals surface area contributed by atoms with E-state index in [9.17, 15) is 9.59 Å². The summed E-state index contributed by atoms with van der Waals surface area (Å²) >= 11 is 5.74. The number of carbonyl (C=O) groups is 2. The number of nitrogens with one attached hydrogen (secondary N) is 2. The third kappa shape index (κ3) is 3.92. The van der Waals surface area contributed by atoms with Crippen molar-refractivity contribution in [1.29, 1.82) is 0 Å². The highest BCUT2D eigenvalue weighted by Gasteiger charge is 2.12. The van der Waals surface area contributed by atoms with Gasteiger partial charge in [0.1, 0.15) is 5.15 Å². The molecule has 0 saturated carbocycles. The maximum Gasteiger partial charge on any atom is 0.254 e. The van der Waals surface area contributed by atoms with E-state index in [0.29, 0.717) is 12.2 Å². The Morgan fingerprint density at radius 1 is 1.47 bits per heavy atom. The Hall–Kier alpha value is -1.82. The fourth-order valence-corrected chi connectivity index (χ4v) is 1.33. The van der Waals surface area contributed by atoms with E-state index in [1.807, 2.05) is 0 Å². The standard InChI is InChI=1S/C10H13ClN4O2/c1-2-13-8(16)5-15-10(17)7-3-6(12)4-14-9(7)11/h3-4H,2,5,12H2,1H3,(H,13,16)(H,15,17). The van der Waals surface area contributed by atoms with Gasteiger partial charge in [0.2, 0.25) is 5.91 Å². The zero-order valence-electron chi connectivity index (χ0n) is 9.29. The van der Waals surface area contributed by atoms with E-state index in [1.54, 1.807) is 6.92 Å². The topological polar surface area (TPSA) is 97.1 Å². The summed E-state index contributed by atoms with van der Waals surface area (Å²) in [5, 5.41) is 5.02. The minimum Gasteiger partial charge on any atom is -0.397 e. The largest absolute Gasteiger partial charge is 0.397 e. The van der Waals surface area contributed by atoms with Crippen LogP contribution < -0.4 is 16.4 Å². The summed E-state index contributed by atoms with van der Waals surface area (Å²) in [5.41, 5.74) is 5.97. The number of carbonyl (C=O) groups excluding carboxylic acids is 2. The number of pyridine rings is 1. The van der Waals surface area contributed by atoms with E-state index in [4.69, 9.17) is 17.3 Å². The summed E-state index contributed by atoms with van der Waals surface area (Å²) < 4.78 is 0. The summed E-state index contributed by atoms with van der Waals surface area (Å²) in [6.07, 6.45) is 1.35. The molecule has 6 nitrogen and oxygen atoms in total. The molecule has 92 valence electrons. The number of likely N-dealkylation sites (N-methyl/N-ethyl adjacent to an activating group) is 1. The molecule has 1 heterocycles. The van der Waals surface area contributed by atoms with E-state index in [0.717, 1.165) is 0 Å². The number of nitrogens with zero attached hydrogens (tertiary/aromatic N) is 1. The lowest BCUT2D eigenvalue weighted by Crippen LogP contribution is -2.36. The Balaban J connectivity index is 2.64. The highest BCUT2D eigenvalue weighted by atomic mass is 35.5. The zero-order valence-corrected chi connectivity index (χ0v) is 10.0. The van der Waals surface area contributed by atoms with Crippen LogP contribution in [0.25, 0.3) is 0 Å². The predicted octanol–water partition coefficient (Wildman–Crippen LogP) is 0.183. The quantitative estimate of drug-likeness (QED) is 0.670. The van der Waals surface area contributed by atoms with Crippen molar-refractivity contribution in [3.05, 3.63) is 23.0 Å². The van der Waals surface area contributed by atoms with Crippen molar-refractivity contribution < 1.29 is 9.59 Å². The number of halogens is 1. The van der Waals surface area contributed by atoms with Gasteiger partial charge in [-0.25, -0.2) is 4.98 Å². The van der Waals surface area contributed by atoms with Gasteiger partial charge in [-0.1, -0.05) is 11.6 Å². The van der Waals surface area contributed by atoms with Gasteiger partial charge in [0.25, 0.3) is 5.91 Å². The molecule has 0 atom stereocenters. The number of nitrogens with two attached hydrogens (primary N) is 1. The Bertz CT molecular complexity index is 436. The van der Waals surface area contributed by atoms with Gasteiger partial charge < -0.3 is 16.4 Å². The van der Waals surface area contributed by atoms with Gasteiger partial charge >= 0.3 is 0 Å². The van der Waals surface area contributed by atoms with Crippen LogP contribution in [0, 0.1) is 0 Å². The molecule has 2 amide bonds. The number of anilines is 1. The van der Waals surface area contributed by atoms with Crippen molar-refractivity contribution >= 4 is 29.1 Å². The molecule has 0 aliphatic rings. The van der Waals surface area contributed by atoms with E-state index >= 15 is 0 Å². The Morgan fingerprint density at radius 3 is 2.82 bits per heavy atom. The lowest BCUT2D eigenvalue weighted by atomic mass is 10.2. The van der Waals surface area contributed by atoms with Crippen molar-refractivity contribution in [3.8, 4) is 0 Å². The van der Waals surface area contributed by atoms with Gasteiger partial charge in [-0.2, -0.15) is 0 Å². The molecule has 0 aliphatic carbocycles. The first-order chi connectivity index (χ1) is 8.04. The van der Waals surface area contributed by atoms with Gasteiger partial charge in [0.15, 0.2) is 0 Å². The maximum absolute atomic E-state index is 11.7. The number of hydrogen-bond donors (Lipinski definition) is 3. The van der Waals surface area contributed by atoms with Crippen LogP contribution in [0.5, 0.6) is 0 Å². The lowest BCUT2D eigenvalue weighted by Gasteiger charge is -2.06. The Morgan fingerprint density at radius 2 is 2.18 bits per heavy atom. The summed E-state index contributed by atoms with van der Waals surface area (Å²) in [4.78, 5) is 26.5. The highest BCUT2D eigenvalue weighted by molar-refractivity contribution is 6.32. The average Bonchev–Trinajstić information content (AvgIpc) is 2.29. The Labute approximate surface area is 104 Å². The molecule has 0 aliphatic heterocycles. The number of rotatable bonds is 4. The molecule has 4 N–H and O–H groups in total. The molecule has 17 heavy (non-hydrogen) atoms. The number of amides is 2. The molecule has 7 heteroatoms. The number of hydrogen-bond acceptors (Lipinski definition) is 4. The van der Waals surface area contributed by atoms with Gasteiger partial charge in [-0.05, 0) is 13.0 Å². The van der Waals surface area contributed by atoms with Crippen LogP contribution in [-0.2, 0) is 4.79 Å². The van der Waals surface area contributed by atoms with Crippen molar-refractivity contribution in [1.82, 2.24) is 15.6 Å². The van der Waals surface area contributed by atoms with E-state index in [2.05, 4.69) is 15.6 Å². The molecule has 0 bridgehead atoms. The number of nitrogen functional groups attached to an aromatic ring is 1. The normalized spacial score (nSPS) is 9.76. The van der Waals surface area contributed by atoms with Crippen LogP contribution in [0.3, 0.4) is 0 Å². The molecule has 1 rings (SSSR count). The summed E-state index contributed by atoms with van der Waals surface area (Å²) in [6, 6.07) is 1.41. The third-order valence-corrected chi connectivity index (χ3v) is 2.19.